The molecule has 6 heteroatoms. The van der Waals surface area contributed by atoms with E-state index in [1.54, 1.807) is 20.1 Å². The SMILES string of the molecule is CCOP(=O)(NCCc1ccco1)OCC. The van der Waals surface area contributed by atoms with Gasteiger partial charge < -0.3 is 4.42 Å². The largest absolute Gasteiger partial charge is 0.469 e. The zero-order valence-corrected chi connectivity index (χ0v) is 10.5. The molecule has 1 aromatic heterocycles. The molecule has 92 valence electrons. The van der Waals surface area contributed by atoms with Crippen LogP contribution in [0.1, 0.15) is 19.6 Å². The highest BCUT2D eigenvalue weighted by Crippen LogP contribution is 2.42. The topological polar surface area (TPSA) is 60.7 Å². The van der Waals surface area contributed by atoms with Gasteiger partial charge in [0.25, 0.3) is 0 Å². The average molecular weight is 247 g/mol. The Bertz CT molecular complexity index is 316. The molecule has 0 aromatic carbocycles. The van der Waals surface area contributed by atoms with Crippen molar-refractivity contribution in [3.05, 3.63) is 24.2 Å². The lowest BCUT2D eigenvalue weighted by Gasteiger charge is -2.17. The van der Waals surface area contributed by atoms with Crippen LogP contribution in [-0.4, -0.2) is 19.8 Å². The molecule has 16 heavy (non-hydrogen) atoms. The van der Waals surface area contributed by atoms with E-state index in [1.807, 2.05) is 12.1 Å². The fourth-order valence-corrected chi connectivity index (χ4v) is 2.56. The molecule has 0 bridgehead atoms. The van der Waals surface area contributed by atoms with Crippen LogP contribution >= 0.6 is 7.75 Å². The third kappa shape index (κ3) is 4.49. The van der Waals surface area contributed by atoms with Crippen LogP contribution in [0.4, 0.5) is 0 Å². The van der Waals surface area contributed by atoms with Gasteiger partial charge in [-0.15, -0.1) is 0 Å². The van der Waals surface area contributed by atoms with E-state index in [0.29, 0.717) is 26.2 Å². The highest BCUT2D eigenvalue weighted by Gasteiger charge is 2.22. The fourth-order valence-electron chi connectivity index (χ4n) is 1.24. The van der Waals surface area contributed by atoms with Crippen LogP contribution in [-0.2, 0) is 20.0 Å². The monoisotopic (exact) mass is 247 g/mol. The summed E-state index contributed by atoms with van der Waals surface area (Å²) in [5, 5.41) is 2.79. The zero-order valence-electron chi connectivity index (χ0n) is 9.64. The summed E-state index contributed by atoms with van der Waals surface area (Å²) in [5.74, 6) is 0.840. The molecule has 1 rings (SSSR count). The van der Waals surface area contributed by atoms with Crippen molar-refractivity contribution in [2.45, 2.75) is 20.3 Å². The van der Waals surface area contributed by atoms with Crippen molar-refractivity contribution in [2.75, 3.05) is 19.8 Å². The van der Waals surface area contributed by atoms with Gasteiger partial charge in [0, 0.05) is 13.0 Å². The van der Waals surface area contributed by atoms with E-state index in [4.69, 9.17) is 13.5 Å². The number of nitrogens with one attached hydrogen (secondary N) is 1. The smallest absolute Gasteiger partial charge is 0.405 e. The van der Waals surface area contributed by atoms with Gasteiger partial charge in [0.2, 0.25) is 0 Å². The summed E-state index contributed by atoms with van der Waals surface area (Å²) in [6, 6.07) is 3.69. The Hall–Kier alpha value is -0.610. The molecule has 0 atom stereocenters. The molecule has 0 unspecified atom stereocenters. The Morgan fingerprint density at radius 3 is 2.56 bits per heavy atom. The fraction of sp³-hybridized carbons (Fsp3) is 0.600. The molecule has 0 aliphatic carbocycles. The highest BCUT2D eigenvalue weighted by molar-refractivity contribution is 7.51. The summed E-state index contributed by atoms with van der Waals surface area (Å²) in [4.78, 5) is 0. The van der Waals surface area contributed by atoms with Gasteiger partial charge in [-0.2, -0.15) is 0 Å². The lowest BCUT2D eigenvalue weighted by molar-refractivity contribution is 0.211. The second kappa shape index (κ2) is 6.86. The molecule has 0 spiro atoms. The second-order valence-electron chi connectivity index (χ2n) is 3.07. The number of furan rings is 1. The summed E-state index contributed by atoms with van der Waals surface area (Å²) in [6.07, 6.45) is 2.26. The molecule has 1 heterocycles. The third-order valence-corrected chi connectivity index (χ3v) is 3.66. The second-order valence-corrected chi connectivity index (χ2v) is 4.90. The Labute approximate surface area is 95.7 Å². The Kier molecular flexibility index (Phi) is 5.77. The van der Waals surface area contributed by atoms with E-state index in [0.717, 1.165) is 5.76 Å². The minimum atomic E-state index is -3.13. The Morgan fingerprint density at radius 1 is 1.38 bits per heavy atom. The predicted octanol–water partition coefficient (Wildman–Crippen LogP) is 2.59. The third-order valence-electron chi connectivity index (χ3n) is 1.86. The first-order valence-corrected chi connectivity index (χ1v) is 6.91. The van der Waals surface area contributed by atoms with Crippen molar-refractivity contribution in [1.29, 1.82) is 0 Å². The lowest BCUT2D eigenvalue weighted by Crippen LogP contribution is -2.17. The van der Waals surface area contributed by atoms with Crippen LogP contribution < -0.4 is 5.09 Å². The van der Waals surface area contributed by atoms with Gasteiger partial charge in [-0.25, -0.2) is 9.65 Å². The quantitative estimate of drug-likeness (QED) is 0.715. The van der Waals surface area contributed by atoms with Gasteiger partial charge in [-0.3, -0.25) is 9.05 Å². The van der Waals surface area contributed by atoms with Crippen LogP contribution in [0.25, 0.3) is 0 Å². The molecule has 0 saturated heterocycles. The molecule has 1 aromatic rings. The first-order valence-electron chi connectivity index (χ1n) is 5.37. The summed E-state index contributed by atoms with van der Waals surface area (Å²) in [6.45, 7) is 4.75. The van der Waals surface area contributed by atoms with E-state index in [-0.39, 0.29) is 0 Å². The molecule has 0 saturated carbocycles. The van der Waals surface area contributed by atoms with Crippen LogP contribution in [0.2, 0.25) is 0 Å². The molecule has 5 nitrogen and oxygen atoms in total. The first-order chi connectivity index (χ1) is 7.70. The van der Waals surface area contributed by atoms with Crippen molar-refractivity contribution < 1.29 is 18.0 Å². The number of hydrogen-bond donors (Lipinski definition) is 1. The minimum absolute atomic E-state index is 0.352. The van der Waals surface area contributed by atoms with E-state index in [9.17, 15) is 4.57 Å². The first kappa shape index (κ1) is 13.5. The van der Waals surface area contributed by atoms with Crippen molar-refractivity contribution in [1.82, 2.24) is 5.09 Å². The molecule has 0 radical (unpaired) electrons. The summed E-state index contributed by atoms with van der Waals surface area (Å²) < 4.78 is 27.3. The van der Waals surface area contributed by atoms with Gasteiger partial charge in [-0.05, 0) is 26.0 Å². The van der Waals surface area contributed by atoms with Gasteiger partial charge in [0.1, 0.15) is 5.76 Å². The van der Waals surface area contributed by atoms with Crippen molar-refractivity contribution >= 4 is 7.75 Å². The van der Waals surface area contributed by atoms with Crippen LogP contribution in [0.3, 0.4) is 0 Å². The molecule has 0 amide bonds. The van der Waals surface area contributed by atoms with E-state index in [1.165, 1.54) is 0 Å². The zero-order chi connectivity index (χ0) is 11.9. The highest BCUT2D eigenvalue weighted by atomic mass is 31.2. The van der Waals surface area contributed by atoms with Crippen LogP contribution in [0.15, 0.2) is 22.8 Å². The van der Waals surface area contributed by atoms with E-state index in [2.05, 4.69) is 5.09 Å². The summed E-state index contributed by atoms with van der Waals surface area (Å²) >= 11 is 0. The minimum Gasteiger partial charge on any atom is -0.469 e. The molecular weight excluding hydrogens is 229 g/mol. The molecule has 0 aliphatic heterocycles. The summed E-state index contributed by atoms with van der Waals surface area (Å²) in [5.41, 5.74) is 0. The standard InChI is InChI=1S/C10H18NO4P/c1-3-14-16(12,15-4-2)11-8-7-10-6-5-9-13-10/h5-6,9H,3-4,7-8H2,1-2H3,(H,11,12). The molecule has 0 aliphatic rings. The number of hydrogen-bond acceptors (Lipinski definition) is 4. The van der Waals surface area contributed by atoms with E-state index >= 15 is 0 Å². The van der Waals surface area contributed by atoms with E-state index < -0.39 is 7.75 Å². The van der Waals surface area contributed by atoms with Crippen molar-refractivity contribution in [3.63, 3.8) is 0 Å². The molecule has 0 fully saturated rings. The maximum absolute atomic E-state index is 12.0. The van der Waals surface area contributed by atoms with Gasteiger partial charge in [0.15, 0.2) is 0 Å². The molecule has 1 N–H and O–H groups in total. The van der Waals surface area contributed by atoms with Gasteiger partial charge >= 0.3 is 7.75 Å². The van der Waals surface area contributed by atoms with Crippen LogP contribution in [0, 0.1) is 0 Å². The van der Waals surface area contributed by atoms with Crippen molar-refractivity contribution in [3.8, 4) is 0 Å². The Balaban J connectivity index is 2.35. The Morgan fingerprint density at radius 2 is 2.06 bits per heavy atom. The maximum atomic E-state index is 12.0. The average Bonchev–Trinajstić information content (AvgIpc) is 2.71. The summed E-state index contributed by atoms with van der Waals surface area (Å²) in [7, 11) is -3.13. The molecular formula is C10H18NO4P. The lowest BCUT2D eigenvalue weighted by atomic mass is 10.3. The predicted molar refractivity (Wildman–Crippen MR) is 61.3 cm³/mol. The normalized spacial score (nSPS) is 11.9. The maximum Gasteiger partial charge on any atom is 0.405 e. The van der Waals surface area contributed by atoms with Gasteiger partial charge in [0.05, 0.1) is 19.5 Å². The number of rotatable bonds is 8. The van der Waals surface area contributed by atoms with Crippen molar-refractivity contribution in [2.24, 2.45) is 0 Å². The van der Waals surface area contributed by atoms with Crippen LogP contribution in [0.5, 0.6) is 0 Å². The van der Waals surface area contributed by atoms with Gasteiger partial charge in [-0.1, -0.05) is 0 Å².